The third-order valence-electron chi connectivity index (χ3n) is 3.96. The first-order chi connectivity index (χ1) is 8.89. The van der Waals surface area contributed by atoms with E-state index in [4.69, 9.17) is 5.73 Å². The summed E-state index contributed by atoms with van der Waals surface area (Å²) < 4.78 is 0. The molecule has 0 aromatic carbocycles. The summed E-state index contributed by atoms with van der Waals surface area (Å²) in [5.41, 5.74) is 7.52. The van der Waals surface area contributed by atoms with E-state index in [-0.39, 0.29) is 17.2 Å². The molecule has 0 spiro atoms. The highest BCUT2D eigenvalue weighted by atomic mass is 16.1. The molecule has 0 atom stereocenters. The van der Waals surface area contributed by atoms with Crippen LogP contribution in [0.4, 0.5) is 5.82 Å². The van der Waals surface area contributed by atoms with Crippen LogP contribution < -0.4 is 11.1 Å². The van der Waals surface area contributed by atoms with Crippen molar-refractivity contribution in [3.8, 4) is 0 Å². The van der Waals surface area contributed by atoms with Gasteiger partial charge in [-0.3, -0.25) is 4.79 Å². The zero-order valence-corrected chi connectivity index (χ0v) is 12.0. The van der Waals surface area contributed by atoms with Crippen LogP contribution in [0.15, 0.2) is 12.1 Å². The zero-order valence-electron chi connectivity index (χ0n) is 12.0. The first-order valence-corrected chi connectivity index (χ1v) is 6.95. The number of nitrogens with zero attached hydrogens (tertiary/aromatic N) is 1. The Hall–Kier alpha value is -1.58. The van der Waals surface area contributed by atoms with Crippen LogP contribution in [0.3, 0.4) is 0 Å². The Labute approximate surface area is 114 Å². The van der Waals surface area contributed by atoms with E-state index in [1.165, 1.54) is 19.3 Å². The average molecular weight is 261 g/mol. The molecule has 1 aromatic rings. The molecule has 2 rings (SSSR count). The number of hydrogen-bond acceptors (Lipinski definition) is 3. The largest absolute Gasteiger partial charge is 0.384 e. The van der Waals surface area contributed by atoms with Crippen molar-refractivity contribution < 1.29 is 4.79 Å². The summed E-state index contributed by atoms with van der Waals surface area (Å²) in [6, 6.07) is 3.48. The van der Waals surface area contributed by atoms with Crippen LogP contribution in [0.2, 0.25) is 0 Å². The van der Waals surface area contributed by atoms with Crippen LogP contribution in [-0.4, -0.2) is 17.4 Å². The van der Waals surface area contributed by atoms with Crippen molar-refractivity contribution >= 4 is 11.7 Å². The maximum absolute atomic E-state index is 12.2. The van der Waals surface area contributed by atoms with Crippen LogP contribution >= 0.6 is 0 Å². The molecular formula is C15H23N3O. The molecule has 0 radical (unpaired) electrons. The minimum atomic E-state index is -0.0517. The fraction of sp³-hybridized carbons (Fsp3) is 0.600. The van der Waals surface area contributed by atoms with Crippen molar-refractivity contribution in [3.63, 3.8) is 0 Å². The van der Waals surface area contributed by atoms with Gasteiger partial charge < -0.3 is 11.1 Å². The molecule has 104 valence electrons. The van der Waals surface area contributed by atoms with Gasteiger partial charge in [0.05, 0.1) is 0 Å². The number of carbonyl (C=O) groups excluding carboxylic acids is 1. The molecule has 0 unspecified atom stereocenters. The minimum absolute atomic E-state index is 0.0517. The molecule has 19 heavy (non-hydrogen) atoms. The molecule has 4 nitrogen and oxygen atoms in total. The van der Waals surface area contributed by atoms with Crippen molar-refractivity contribution in [2.45, 2.75) is 46.0 Å². The monoisotopic (exact) mass is 261 g/mol. The number of hydrogen-bond donors (Lipinski definition) is 2. The molecule has 0 bridgehead atoms. The van der Waals surface area contributed by atoms with Crippen LogP contribution in [0, 0.1) is 5.41 Å². The van der Waals surface area contributed by atoms with Crippen molar-refractivity contribution in [3.05, 3.63) is 23.4 Å². The third-order valence-corrected chi connectivity index (χ3v) is 3.96. The summed E-state index contributed by atoms with van der Waals surface area (Å²) in [7, 11) is 0. The number of nitrogens with one attached hydrogen (secondary N) is 1. The predicted octanol–water partition coefficient (Wildman–Crippen LogP) is 2.71. The normalized spacial score (nSPS) is 17.1. The summed E-state index contributed by atoms with van der Waals surface area (Å²) in [5.74, 6) is 0.620. The highest BCUT2D eigenvalue weighted by Crippen LogP contribution is 2.39. The number of nitrogens with two attached hydrogens (primary N) is 1. The van der Waals surface area contributed by atoms with E-state index in [0.29, 0.717) is 11.4 Å². The number of amides is 1. The molecule has 1 amide bonds. The van der Waals surface area contributed by atoms with Gasteiger partial charge in [-0.15, -0.1) is 0 Å². The lowest BCUT2D eigenvalue weighted by Crippen LogP contribution is -2.40. The quantitative estimate of drug-likeness (QED) is 0.875. The van der Waals surface area contributed by atoms with Gasteiger partial charge in [-0.25, -0.2) is 4.98 Å². The van der Waals surface area contributed by atoms with E-state index in [1.54, 1.807) is 6.07 Å². The second-order valence-corrected chi connectivity index (χ2v) is 6.21. The topological polar surface area (TPSA) is 68.0 Å². The summed E-state index contributed by atoms with van der Waals surface area (Å²) in [6.45, 7) is 7.04. The fourth-order valence-corrected chi connectivity index (χ4v) is 2.35. The van der Waals surface area contributed by atoms with Crippen molar-refractivity contribution in [1.82, 2.24) is 10.3 Å². The van der Waals surface area contributed by atoms with Crippen LogP contribution in [-0.2, 0) is 0 Å². The van der Waals surface area contributed by atoms with Crippen molar-refractivity contribution in [2.24, 2.45) is 5.41 Å². The molecule has 1 heterocycles. The zero-order chi connectivity index (χ0) is 14.0. The lowest BCUT2D eigenvalue weighted by atomic mass is 9.70. The van der Waals surface area contributed by atoms with E-state index in [2.05, 4.69) is 17.2 Å². The number of aromatic nitrogens is 1. The molecule has 1 aliphatic carbocycles. The lowest BCUT2D eigenvalue weighted by molar-refractivity contribution is 0.0890. The Morgan fingerprint density at radius 1 is 1.47 bits per heavy atom. The molecule has 4 heteroatoms. The Balaban J connectivity index is 2.06. The number of rotatable bonds is 4. The van der Waals surface area contributed by atoms with Gasteiger partial charge >= 0.3 is 0 Å². The van der Waals surface area contributed by atoms with Crippen molar-refractivity contribution in [1.29, 1.82) is 0 Å². The number of anilines is 1. The van der Waals surface area contributed by atoms with E-state index in [9.17, 15) is 4.79 Å². The smallest absolute Gasteiger partial charge is 0.251 e. The lowest BCUT2D eigenvalue weighted by Gasteiger charge is -2.38. The van der Waals surface area contributed by atoms with E-state index in [0.717, 1.165) is 12.2 Å². The molecule has 0 aliphatic heterocycles. The Morgan fingerprint density at radius 2 is 2.16 bits per heavy atom. The maximum atomic E-state index is 12.2. The number of pyridine rings is 1. The fourth-order valence-electron chi connectivity index (χ4n) is 2.35. The van der Waals surface area contributed by atoms with Gasteiger partial charge in [0.2, 0.25) is 0 Å². The molecular weight excluding hydrogens is 238 g/mol. The Kier molecular flexibility index (Phi) is 3.78. The first-order valence-electron chi connectivity index (χ1n) is 6.95. The molecule has 3 N–H and O–H groups in total. The second kappa shape index (κ2) is 5.19. The molecule has 1 aromatic heterocycles. The number of carbonyl (C=O) groups is 1. The SMILES string of the molecule is CC(C)c1cc(C(=O)NCC2(C)CCC2)cc(N)n1. The number of nitrogen functional groups attached to an aromatic ring is 1. The summed E-state index contributed by atoms with van der Waals surface area (Å²) in [5, 5.41) is 3.01. The summed E-state index contributed by atoms with van der Waals surface area (Å²) >= 11 is 0. The van der Waals surface area contributed by atoms with Gasteiger partial charge in [0.15, 0.2) is 0 Å². The van der Waals surface area contributed by atoms with Crippen LogP contribution in [0.25, 0.3) is 0 Å². The Morgan fingerprint density at radius 3 is 2.68 bits per heavy atom. The average Bonchev–Trinajstić information content (AvgIpc) is 2.32. The summed E-state index contributed by atoms with van der Waals surface area (Å²) in [6.07, 6.45) is 3.66. The van der Waals surface area contributed by atoms with Gasteiger partial charge in [-0.05, 0) is 36.3 Å². The van der Waals surface area contributed by atoms with Gasteiger partial charge in [-0.2, -0.15) is 0 Å². The van der Waals surface area contributed by atoms with Crippen molar-refractivity contribution in [2.75, 3.05) is 12.3 Å². The molecule has 1 fully saturated rings. The van der Waals surface area contributed by atoms with Gasteiger partial charge in [0.25, 0.3) is 5.91 Å². The molecule has 1 saturated carbocycles. The summed E-state index contributed by atoms with van der Waals surface area (Å²) in [4.78, 5) is 16.4. The van der Waals surface area contributed by atoms with Gasteiger partial charge in [0, 0.05) is 17.8 Å². The van der Waals surface area contributed by atoms with Crippen LogP contribution in [0.1, 0.15) is 62.0 Å². The van der Waals surface area contributed by atoms with Gasteiger partial charge in [0.1, 0.15) is 5.82 Å². The maximum Gasteiger partial charge on any atom is 0.251 e. The molecule has 0 saturated heterocycles. The van der Waals surface area contributed by atoms with E-state index >= 15 is 0 Å². The minimum Gasteiger partial charge on any atom is -0.384 e. The molecule has 1 aliphatic rings. The third kappa shape index (κ3) is 3.25. The highest BCUT2D eigenvalue weighted by molar-refractivity contribution is 5.95. The van der Waals surface area contributed by atoms with E-state index in [1.807, 2.05) is 19.9 Å². The first kappa shape index (κ1) is 13.8. The van der Waals surface area contributed by atoms with Gasteiger partial charge in [-0.1, -0.05) is 27.2 Å². The Bertz CT molecular complexity index is 478. The second-order valence-electron chi connectivity index (χ2n) is 6.21. The predicted molar refractivity (Wildman–Crippen MR) is 77.0 cm³/mol. The highest BCUT2D eigenvalue weighted by Gasteiger charge is 2.31. The van der Waals surface area contributed by atoms with Crippen LogP contribution in [0.5, 0.6) is 0 Å². The van der Waals surface area contributed by atoms with E-state index < -0.39 is 0 Å². The standard InChI is InChI=1S/C15H23N3O/c1-10(2)12-7-11(8-13(16)18-12)14(19)17-9-15(3)5-4-6-15/h7-8,10H,4-6,9H2,1-3H3,(H2,16,18)(H,17,19).